The second-order valence-electron chi connectivity index (χ2n) is 4.62. The molecule has 1 heterocycles. The predicted octanol–water partition coefficient (Wildman–Crippen LogP) is 4.69. The summed E-state index contributed by atoms with van der Waals surface area (Å²) in [7, 11) is 0. The highest BCUT2D eigenvalue weighted by atomic mass is 35.5. The molecule has 0 aliphatic rings. The zero-order valence-corrected chi connectivity index (χ0v) is 14.6. The summed E-state index contributed by atoms with van der Waals surface area (Å²) < 4.78 is 6.46. The SMILES string of the molecule is CSc1cccc2sc(NC(=O)COc3ccc(Cl)cc3)nc12. The fraction of sp³-hybridized carbons (Fsp3) is 0.125. The van der Waals surface area contributed by atoms with Gasteiger partial charge in [-0.25, -0.2) is 4.98 Å². The number of amides is 1. The largest absolute Gasteiger partial charge is 0.484 e. The van der Waals surface area contributed by atoms with Crippen molar-refractivity contribution in [2.24, 2.45) is 0 Å². The van der Waals surface area contributed by atoms with Gasteiger partial charge in [0.1, 0.15) is 5.75 Å². The average Bonchev–Trinajstić information content (AvgIpc) is 2.96. The number of carbonyl (C=O) groups is 1. The summed E-state index contributed by atoms with van der Waals surface area (Å²) in [6.07, 6.45) is 2.01. The molecule has 0 spiro atoms. The number of nitrogens with zero attached hydrogens (tertiary/aromatic N) is 1. The van der Waals surface area contributed by atoms with E-state index in [0.717, 1.165) is 15.1 Å². The molecule has 0 atom stereocenters. The maximum Gasteiger partial charge on any atom is 0.264 e. The van der Waals surface area contributed by atoms with Crippen LogP contribution in [0.25, 0.3) is 10.2 Å². The summed E-state index contributed by atoms with van der Waals surface area (Å²) in [6, 6.07) is 12.9. The van der Waals surface area contributed by atoms with Gasteiger partial charge < -0.3 is 4.74 Å². The lowest BCUT2D eigenvalue weighted by atomic mass is 10.3. The zero-order valence-electron chi connectivity index (χ0n) is 12.2. The highest BCUT2D eigenvalue weighted by molar-refractivity contribution is 7.98. The molecule has 0 aliphatic heterocycles. The Morgan fingerprint density at radius 3 is 2.83 bits per heavy atom. The number of ether oxygens (including phenoxy) is 1. The minimum absolute atomic E-state index is 0.0764. The lowest BCUT2D eigenvalue weighted by molar-refractivity contribution is -0.118. The number of thiazole rings is 1. The van der Waals surface area contributed by atoms with E-state index in [-0.39, 0.29) is 12.5 Å². The van der Waals surface area contributed by atoms with E-state index in [2.05, 4.69) is 10.3 Å². The first-order valence-corrected chi connectivity index (χ1v) is 9.19. The number of fused-ring (bicyclic) bond motifs is 1. The Kier molecular flexibility index (Phi) is 5.05. The van der Waals surface area contributed by atoms with Gasteiger partial charge in [0.2, 0.25) is 0 Å². The molecule has 0 bridgehead atoms. The maximum atomic E-state index is 12.0. The van der Waals surface area contributed by atoms with E-state index in [1.165, 1.54) is 11.3 Å². The molecule has 0 saturated carbocycles. The van der Waals surface area contributed by atoms with Crippen molar-refractivity contribution in [1.82, 2.24) is 4.98 Å². The molecule has 118 valence electrons. The predicted molar refractivity (Wildman–Crippen MR) is 97.0 cm³/mol. The summed E-state index contributed by atoms with van der Waals surface area (Å²) in [5.41, 5.74) is 0.916. The summed E-state index contributed by atoms with van der Waals surface area (Å²) in [6.45, 7) is -0.0764. The van der Waals surface area contributed by atoms with Crippen molar-refractivity contribution >= 4 is 56.0 Å². The molecular weight excluding hydrogens is 352 g/mol. The standard InChI is InChI=1S/C16H13ClN2O2S2/c1-22-12-3-2-4-13-15(12)19-16(23-13)18-14(20)9-21-11-7-5-10(17)6-8-11/h2-8H,9H2,1H3,(H,18,19,20). The Bertz CT molecular complexity index is 834. The number of halogens is 1. The second kappa shape index (κ2) is 7.21. The first-order valence-electron chi connectivity index (χ1n) is 6.77. The lowest BCUT2D eigenvalue weighted by Crippen LogP contribution is -2.19. The van der Waals surface area contributed by atoms with Crippen molar-refractivity contribution in [3.8, 4) is 5.75 Å². The van der Waals surface area contributed by atoms with Crippen LogP contribution >= 0.6 is 34.7 Å². The molecule has 1 amide bonds. The van der Waals surface area contributed by atoms with Crippen LogP contribution in [0.4, 0.5) is 5.13 Å². The Morgan fingerprint density at radius 1 is 1.30 bits per heavy atom. The number of aromatic nitrogens is 1. The molecule has 4 nitrogen and oxygen atoms in total. The lowest BCUT2D eigenvalue weighted by Gasteiger charge is -2.05. The van der Waals surface area contributed by atoms with Crippen LogP contribution in [0, 0.1) is 0 Å². The third kappa shape index (κ3) is 3.96. The van der Waals surface area contributed by atoms with Gasteiger partial charge in [-0.2, -0.15) is 0 Å². The van der Waals surface area contributed by atoms with Crippen LogP contribution in [0.1, 0.15) is 0 Å². The number of carbonyl (C=O) groups excluding carboxylic acids is 1. The van der Waals surface area contributed by atoms with Crippen LogP contribution in [-0.2, 0) is 4.79 Å². The number of benzene rings is 2. The van der Waals surface area contributed by atoms with Gasteiger partial charge >= 0.3 is 0 Å². The summed E-state index contributed by atoms with van der Waals surface area (Å²) in [5, 5.41) is 3.97. The van der Waals surface area contributed by atoms with Gasteiger partial charge in [0.25, 0.3) is 5.91 Å². The molecule has 0 unspecified atom stereocenters. The number of thioether (sulfide) groups is 1. The zero-order chi connectivity index (χ0) is 16.2. The number of nitrogens with one attached hydrogen (secondary N) is 1. The fourth-order valence-corrected chi connectivity index (χ4v) is 3.64. The van der Waals surface area contributed by atoms with Gasteiger partial charge in [0.15, 0.2) is 11.7 Å². The van der Waals surface area contributed by atoms with Crippen LogP contribution in [0.3, 0.4) is 0 Å². The molecule has 1 N–H and O–H groups in total. The molecule has 3 rings (SSSR count). The van der Waals surface area contributed by atoms with Crippen LogP contribution in [0.5, 0.6) is 5.75 Å². The molecule has 0 aliphatic carbocycles. The molecule has 0 fully saturated rings. The fourth-order valence-electron chi connectivity index (χ4n) is 1.98. The minimum atomic E-state index is -0.246. The van der Waals surface area contributed by atoms with Crippen molar-refractivity contribution in [2.45, 2.75) is 4.90 Å². The summed E-state index contributed by atoms with van der Waals surface area (Å²) >= 11 is 8.89. The summed E-state index contributed by atoms with van der Waals surface area (Å²) in [5.74, 6) is 0.350. The summed E-state index contributed by atoms with van der Waals surface area (Å²) in [4.78, 5) is 17.6. The van der Waals surface area contributed by atoms with Gasteiger partial charge in [-0.3, -0.25) is 10.1 Å². The van der Waals surface area contributed by atoms with Crippen molar-refractivity contribution in [1.29, 1.82) is 0 Å². The van der Waals surface area contributed by atoms with Gasteiger partial charge in [-0.15, -0.1) is 11.8 Å². The Balaban J connectivity index is 1.64. The normalized spacial score (nSPS) is 10.7. The highest BCUT2D eigenvalue weighted by Gasteiger charge is 2.10. The highest BCUT2D eigenvalue weighted by Crippen LogP contribution is 2.32. The average molecular weight is 365 g/mol. The van der Waals surface area contributed by atoms with Crippen molar-refractivity contribution in [3.63, 3.8) is 0 Å². The van der Waals surface area contributed by atoms with Crippen molar-refractivity contribution in [2.75, 3.05) is 18.2 Å². The number of rotatable bonds is 5. The molecule has 3 aromatic rings. The van der Waals surface area contributed by atoms with Crippen LogP contribution in [0.15, 0.2) is 47.4 Å². The molecule has 2 aromatic carbocycles. The second-order valence-corrected chi connectivity index (χ2v) is 6.93. The van der Waals surface area contributed by atoms with Crippen molar-refractivity contribution < 1.29 is 9.53 Å². The maximum absolute atomic E-state index is 12.0. The number of para-hydroxylation sites is 1. The first kappa shape index (κ1) is 16.1. The molecular formula is C16H13ClN2O2S2. The molecule has 23 heavy (non-hydrogen) atoms. The third-order valence-electron chi connectivity index (χ3n) is 3.03. The van der Waals surface area contributed by atoms with E-state index < -0.39 is 0 Å². The van der Waals surface area contributed by atoms with E-state index >= 15 is 0 Å². The van der Waals surface area contributed by atoms with E-state index in [1.807, 2.05) is 24.5 Å². The van der Waals surface area contributed by atoms with E-state index in [1.54, 1.807) is 36.0 Å². The smallest absolute Gasteiger partial charge is 0.264 e. The number of hydrogen-bond acceptors (Lipinski definition) is 5. The van der Waals surface area contributed by atoms with Crippen LogP contribution in [0.2, 0.25) is 5.02 Å². The first-order chi connectivity index (χ1) is 11.2. The van der Waals surface area contributed by atoms with E-state index in [9.17, 15) is 4.79 Å². The van der Waals surface area contributed by atoms with Gasteiger partial charge in [-0.05, 0) is 42.7 Å². The van der Waals surface area contributed by atoms with Gasteiger partial charge in [-0.1, -0.05) is 29.0 Å². The molecule has 1 aromatic heterocycles. The van der Waals surface area contributed by atoms with Crippen LogP contribution in [-0.4, -0.2) is 23.8 Å². The quantitative estimate of drug-likeness (QED) is 0.667. The van der Waals surface area contributed by atoms with E-state index in [4.69, 9.17) is 16.3 Å². The molecule has 0 radical (unpaired) electrons. The Labute approximate surface area is 146 Å². The number of hydrogen-bond donors (Lipinski definition) is 1. The Hall–Kier alpha value is -1.76. The third-order valence-corrected chi connectivity index (χ3v) is 4.99. The topological polar surface area (TPSA) is 51.2 Å². The van der Waals surface area contributed by atoms with Crippen molar-refractivity contribution in [3.05, 3.63) is 47.5 Å². The van der Waals surface area contributed by atoms with E-state index in [0.29, 0.717) is 15.9 Å². The number of anilines is 1. The van der Waals surface area contributed by atoms with Crippen LogP contribution < -0.4 is 10.1 Å². The Morgan fingerprint density at radius 2 is 2.09 bits per heavy atom. The monoisotopic (exact) mass is 364 g/mol. The van der Waals surface area contributed by atoms with Gasteiger partial charge in [0.05, 0.1) is 10.2 Å². The molecule has 7 heteroatoms. The molecule has 0 saturated heterocycles. The minimum Gasteiger partial charge on any atom is -0.484 e. The van der Waals surface area contributed by atoms with Gasteiger partial charge in [0, 0.05) is 9.92 Å².